The summed E-state index contributed by atoms with van der Waals surface area (Å²) in [6.07, 6.45) is 0. The molecule has 0 atom stereocenters. The van der Waals surface area contributed by atoms with Crippen molar-refractivity contribution in [1.82, 2.24) is 5.32 Å². The Labute approximate surface area is 228 Å². The molecule has 3 aromatic rings. The minimum absolute atomic E-state index is 0.0428. The van der Waals surface area contributed by atoms with Crippen molar-refractivity contribution in [3.05, 3.63) is 93.7 Å². The summed E-state index contributed by atoms with van der Waals surface area (Å²) >= 11 is 9.74. The minimum Gasteiger partial charge on any atom is -0.397 e. The number of amides is 2. The largest absolute Gasteiger partial charge is 0.397 e. The van der Waals surface area contributed by atoms with Gasteiger partial charge in [-0.3, -0.25) is 9.59 Å². The van der Waals surface area contributed by atoms with E-state index >= 15 is 0 Å². The van der Waals surface area contributed by atoms with Crippen molar-refractivity contribution in [2.45, 2.75) is 13.5 Å². The molecule has 2 amide bonds. The number of benzene rings is 3. The highest BCUT2D eigenvalue weighted by atomic mass is 79.9. The average molecular weight is 585 g/mol. The van der Waals surface area contributed by atoms with Crippen LogP contribution in [0.5, 0.6) is 0 Å². The molecule has 1 aliphatic heterocycles. The van der Waals surface area contributed by atoms with Gasteiger partial charge in [-0.15, -0.1) is 0 Å². The number of nitrogen functional groups attached to an aromatic ring is 1. The number of hydrogen-bond donors (Lipinski definition) is 5. The Morgan fingerprint density at radius 3 is 2.38 bits per heavy atom. The number of nitrogens with two attached hydrogens (primary N) is 1. The van der Waals surface area contributed by atoms with Gasteiger partial charge in [0.05, 0.1) is 40.7 Å². The van der Waals surface area contributed by atoms with Crippen molar-refractivity contribution >= 4 is 62.1 Å². The number of carbonyl (C=O) groups excluding carboxylic acids is 2. The number of rotatable bonds is 9. The summed E-state index contributed by atoms with van der Waals surface area (Å²) < 4.78 is 6.08. The number of anilines is 4. The minimum atomic E-state index is -0.471. The van der Waals surface area contributed by atoms with Gasteiger partial charge in [-0.2, -0.15) is 0 Å². The maximum atomic E-state index is 12.6. The van der Waals surface area contributed by atoms with E-state index in [1.54, 1.807) is 36.4 Å². The number of ether oxygens (including phenoxy) is 1. The van der Waals surface area contributed by atoms with Gasteiger partial charge in [0.25, 0.3) is 5.91 Å². The van der Waals surface area contributed by atoms with Crippen molar-refractivity contribution in [3.63, 3.8) is 0 Å². The summed E-state index contributed by atoms with van der Waals surface area (Å²) in [6, 6.07) is 17.7. The van der Waals surface area contributed by atoms with Crippen molar-refractivity contribution < 1.29 is 14.3 Å². The van der Waals surface area contributed by atoms with Gasteiger partial charge >= 0.3 is 0 Å². The van der Waals surface area contributed by atoms with Crippen LogP contribution in [0.25, 0.3) is 0 Å². The molecular weight excluding hydrogens is 558 g/mol. The third-order valence-corrected chi connectivity index (χ3v) is 6.72. The maximum absolute atomic E-state index is 12.6. The molecular formula is C27H27BrClN5O3. The quantitative estimate of drug-likeness (QED) is 0.210. The molecule has 1 saturated heterocycles. The van der Waals surface area contributed by atoms with Crippen LogP contribution in [0.2, 0.25) is 5.02 Å². The van der Waals surface area contributed by atoms with Crippen LogP contribution in [0.1, 0.15) is 22.8 Å². The Hall–Kier alpha value is -3.53. The molecule has 0 spiro atoms. The first-order valence-electron chi connectivity index (χ1n) is 11.5. The van der Waals surface area contributed by atoms with Crippen LogP contribution in [-0.4, -0.2) is 25.0 Å². The first kappa shape index (κ1) is 26.5. The van der Waals surface area contributed by atoms with E-state index in [-0.39, 0.29) is 11.8 Å². The zero-order valence-electron chi connectivity index (χ0n) is 20.2. The summed E-state index contributed by atoms with van der Waals surface area (Å²) in [5.41, 5.74) is 9.27. The maximum Gasteiger partial charge on any atom is 0.255 e. The molecule has 0 aliphatic carbocycles. The Morgan fingerprint density at radius 1 is 1.03 bits per heavy atom. The second kappa shape index (κ2) is 11.2. The molecule has 0 bridgehead atoms. The molecule has 3 aromatic carbocycles. The molecule has 6 N–H and O–H groups in total. The lowest BCUT2D eigenvalue weighted by Gasteiger charge is -2.36. The smallest absolute Gasteiger partial charge is 0.255 e. The highest BCUT2D eigenvalue weighted by Crippen LogP contribution is 2.28. The summed E-state index contributed by atoms with van der Waals surface area (Å²) in [5, 5.41) is 12.5. The van der Waals surface area contributed by atoms with Gasteiger partial charge < -0.3 is 31.7 Å². The molecule has 0 radical (unpaired) electrons. The first-order valence-corrected chi connectivity index (χ1v) is 12.6. The molecule has 8 nitrogen and oxygen atoms in total. The third kappa shape index (κ3) is 6.62. The zero-order chi connectivity index (χ0) is 26.6. The van der Waals surface area contributed by atoms with Crippen LogP contribution in [0.15, 0.2) is 77.5 Å². The van der Waals surface area contributed by atoms with Crippen molar-refractivity contribution in [1.29, 1.82) is 0 Å². The molecule has 1 fully saturated rings. The lowest BCUT2D eigenvalue weighted by atomic mass is 9.87. The van der Waals surface area contributed by atoms with Gasteiger partial charge in [-0.25, -0.2) is 0 Å². The number of halogens is 2. The van der Waals surface area contributed by atoms with Crippen molar-refractivity contribution in [2.75, 3.05) is 34.9 Å². The summed E-state index contributed by atoms with van der Waals surface area (Å²) in [4.78, 5) is 24.9. The fraction of sp³-hybridized carbons (Fsp3) is 0.185. The highest BCUT2D eigenvalue weighted by molar-refractivity contribution is 9.10. The van der Waals surface area contributed by atoms with E-state index in [1.165, 1.54) is 0 Å². The standard InChI is InChI=1S/C27H27BrClN5O3/c1-16(33-24-11-17(3-9-21(24)29)13-31-26(36)27(2)14-37-15-27)32-23-10-4-18(12-22(23)30)25(35)34-20-7-5-19(28)6-8-20/h3-12,32-33H,1,13-15,30H2,2H3,(H,31,36)(H,34,35). The normalized spacial score (nSPS) is 13.7. The van der Waals surface area contributed by atoms with E-state index < -0.39 is 5.41 Å². The Morgan fingerprint density at radius 2 is 1.73 bits per heavy atom. The van der Waals surface area contributed by atoms with E-state index in [2.05, 4.69) is 43.8 Å². The lowest BCUT2D eigenvalue weighted by molar-refractivity contribution is -0.157. The number of carbonyl (C=O) groups is 2. The van der Waals surface area contributed by atoms with Crippen molar-refractivity contribution in [3.8, 4) is 0 Å². The average Bonchev–Trinajstić information content (AvgIpc) is 2.85. The molecule has 4 rings (SSSR count). The van der Waals surface area contributed by atoms with Gasteiger partial charge in [0, 0.05) is 22.3 Å². The van der Waals surface area contributed by atoms with E-state index in [0.29, 0.717) is 58.9 Å². The molecule has 1 aliphatic rings. The van der Waals surface area contributed by atoms with Gasteiger partial charge in [-0.05, 0) is 67.1 Å². The molecule has 0 unspecified atom stereocenters. The van der Waals surface area contributed by atoms with Crippen LogP contribution in [0.4, 0.5) is 22.7 Å². The molecule has 37 heavy (non-hydrogen) atoms. The van der Waals surface area contributed by atoms with E-state index in [0.717, 1.165) is 10.0 Å². The van der Waals surface area contributed by atoms with Crippen molar-refractivity contribution in [2.24, 2.45) is 5.41 Å². The molecule has 0 aromatic heterocycles. The van der Waals surface area contributed by atoms with Crippen LogP contribution in [0, 0.1) is 5.41 Å². The van der Waals surface area contributed by atoms with Gasteiger partial charge in [0.2, 0.25) is 5.91 Å². The summed E-state index contributed by atoms with van der Waals surface area (Å²) in [7, 11) is 0. The highest BCUT2D eigenvalue weighted by Gasteiger charge is 2.40. The molecule has 10 heteroatoms. The Bertz CT molecular complexity index is 1340. The summed E-state index contributed by atoms with van der Waals surface area (Å²) in [5.74, 6) is 0.117. The fourth-order valence-electron chi connectivity index (χ4n) is 3.62. The second-order valence-corrected chi connectivity index (χ2v) is 10.4. The molecule has 192 valence electrons. The van der Waals surface area contributed by atoms with Crippen LogP contribution in [-0.2, 0) is 16.1 Å². The first-order chi connectivity index (χ1) is 17.6. The second-order valence-electron chi connectivity index (χ2n) is 9.04. The SMILES string of the molecule is C=C(Nc1ccc(C(=O)Nc2ccc(Br)cc2)cc1N)Nc1cc(CNC(=O)C2(C)COC2)ccc1Cl. The summed E-state index contributed by atoms with van der Waals surface area (Å²) in [6.45, 7) is 7.09. The Balaban J connectivity index is 1.35. The van der Waals surface area contributed by atoms with Crippen LogP contribution < -0.4 is 27.0 Å². The van der Waals surface area contributed by atoms with Gasteiger partial charge in [-0.1, -0.05) is 40.2 Å². The predicted octanol–water partition coefficient (Wildman–Crippen LogP) is 5.58. The number of nitrogens with one attached hydrogen (secondary N) is 4. The van der Waals surface area contributed by atoms with E-state index in [9.17, 15) is 9.59 Å². The molecule has 0 saturated carbocycles. The zero-order valence-corrected chi connectivity index (χ0v) is 22.5. The predicted molar refractivity (Wildman–Crippen MR) is 152 cm³/mol. The Kier molecular flexibility index (Phi) is 8.06. The molecule has 1 heterocycles. The monoisotopic (exact) mass is 583 g/mol. The van der Waals surface area contributed by atoms with E-state index in [4.69, 9.17) is 22.1 Å². The van der Waals surface area contributed by atoms with Crippen LogP contribution >= 0.6 is 27.5 Å². The third-order valence-electron chi connectivity index (χ3n) is 5.86. The van der Waals surface area contributed by atoms with E-state index in [1.807, 2.05) is 31.2 Å². The van der Waals surface area contributed by atoms with Gasteiger partial charge in [0.15, 0.2) is 0 Å². The van der Waals surface area contributed by atoms with Gasteiger partial charge in [0.1, 0.15) is 5.82 Å². The van der Waals surface area contributed by atoms with Crippen LogP contribution in [0.3, 0.4) is 0 Å². The lowest BCUT2D eigenvalue weighted by Crippen LogP contribution is -2.51. The topological polar surface area (TPSA) is 118 Å². The number of hydrogen-bond acceptors (Lipinski definition) is 6. The fourth-order valence-corrected chi connectivity index (χ4v) is 4.05.